The number of fused-ring (bicyclic) bond motifs is 1. The molecule has 0 aliphatic rings. The minimum Gasteiger partial charge on any atom is -0.477 e. The minimum absolute atomic E-state index is 0.297. The summed E-state index contributed by atoms with van der Waals surface area (Å²) in [6.07, 6.45) is 0. The zero-order valence-corrected chi connectivity index (χ0v) is 7.00. The van der Waals surface area contributed by atoms with Gasteiger partial charge in [-0.05, 0) is 6.07 Å². The first-order valence-corrected chi connectivity index (χ1v) is 4.02. The topological polar surface area (TPSA) is 68.0 Å². The van der Waals surface area contributed by atoms with Crippen molar-refractivity contribution in [1.82, 2.24) is 15.0 Å². The molecule has 0 unspecified atom stereocenters. The number of aromatic carboxylic acids is 1. The summed E-state index contributed by atoms with van der Waals surface area (Å²) in [6.45, 7) is 0. The van der Waals surface area contributed by atoms with E-state index in [-0.39, 0.29) is 0 Å². The Morgan fingerprint density at radius 2 is 2.50 bits per heavy atom. The van der Waals surface area contributed by atoms with E-state index < -0.39 is 5.97 Å². The van der Waals surface area contributed by atoms with E-state index in [4.69, 9.17) is 5.11 Å². The first-order valence-electron chi connectivity index (χ1n) is 3.21. The highest BCUT2D eigenvalue weighted by molar-refractivity contribution is 7.20. The molecule has 0 bridgehead atoms. The average Bonchev–Trinajstić information content (AvgIpc) is 2.53. The molecule has 0 amide bonds. The Morgan fingerprint density at radius 1 is 1.75 bits per heavy atom. The SMILES string of the molecule is Cn1nnc2cc(C(=O)O)sc21. The zero-order valence-electron chi connectivity index (χ0n) is 6.18. The second-order valence-electron chi connectivity index (χ2n) is 2.32. The first kappa shape index (κ1) is 7.23. The molecule has 2 aromatic rings. The van der Waals surface area contributed by atoms with E-state index in [1.54, 1.807) is 11.7 Å². The van der Waals surface area contributed by atoms with E-state index in [2.05, 4.69) is 10.3 Å². The van der Waals surface area contributed by atoms with Crippen molar-refractivity contribution in [1.29, 1.82) is 0 Å². The van der Waals surface area contributed by atoms with Crippen LogP contribution in [0.1, 0.15) is 9.67 Å². The monoisotopic (exact) mass is 183 g/mol. The molecule has 0 atom stereocenters. The number of aromatic nitrogens is 3. The van der Waals surface area contributed by atoms with E-state index >= 15 is 0 Å². The van der Waals surface area contributed by atoms with Gasteiger partial charge in [0.15, 0.2) is 0 Å². The maximum atomic E-state index is 10.5. The van der Waals surface area contributed by atoms with E-state index in [0.29, 0.717) is 10.4 Å². The number of carboxylic acid groups (broad SMARTS) is 1. The lowest BCUT2D eigenvalue weighted by molar-refractivity contribution is 0.0702. The molecule has 0 saturated heterocycles. The lowest BCUT2D eigenvalue weighted by Gasteiger charge is -1.84. The Labute approximate surface area is 71.2 Å². The number of rotatable bonds is 1. The minimum atomic E-state index is -0.919. The average molecular weight is 183 g/mol. The van der Waals surface area contributed by atoms with Gasteiger partial charge in [0.05, 0.1) is 0 Å². The number of hydrogen-bond donors (Lipinski definition) is 1. The van der Waals surface area contributed by atoms with E-state index in [9.17, 15) is 4.79 Å². The van der Waals surface area contributed by atoms with Crippen LogP contribution in [-0.2, 0) is 7.05 Å². The van der Waals surface area contributed by atoms with E-state index in [1.807, 2.05) is 0 Å². The van der Waals surface area contributed by atoms with Crippen LogP contribution in [0, 0.1) is 0 Å². The van der Waals surface area contributed by atoms with Gasteiger partial charge in [-0.1, -0.05) is 5.21 Å². The van der Waals surface area contributed by atoms with Crippen LogP contribution in [0.25, 0.3) is 10.3 Å². The number of carboxylic acids is 1. The molecule has 0 aliphatic carbocycles. The summed E-state index contributed by atoms with van der Waals surface area (Å²) in [5.74, 6) is -0.919. The molecule has 2 heterocycles. The van der Waals surface area contributed by atoms with Gasteiger partial charge in [0.1, 0.15) is 15.2 Å². The van der Waals surface area contributed by atoms with Crippen LogP contribution >= 0.6 is 11.3 Å². The van der Waals surface area contributed by atoms with Crippen LogP contribution in [0.3, 0.4) is 0 Å². The van der Waals surface area contributed by atoms with Crippen molar-refractivity contribution < 1.29 is 9.90 Å². The second-order valence-corrected chi connectivity index (χ2v) is 3.35. The van der Waals surface area contributed by atoms with Crippen molar-refractivity contribution in [3.63, 3.8) is 0 Å². The third-order valence-electron chi connectivity index (χ3n) is 1.48. The summed E-state index contributed by atoms with van der Waals surface area (Å²) in [5, 5.41) is 16.2. The summed E-state index contributed by atoms with van der Waals surface area (Å²) < 4.78 is 1.56. The zero-order chi connectivity index (χ0) is 8.72. The molecule has 12 heavy (non-hydrogen) atoms. The third kappa shape index (κ3) is 0.884. The summed E-state index contributed by atoms with van der Waals surface area (Å²) >= 11 is 1.18. The van der Waals surface area contributed by atoms with Gasteiger partial charge in [0, 0.05) is 7.05 Å². The van der Waals surface area contributed by atoms with E-state index in [0.717, 1.165) is 4.83 Å². The largest absolute Gasteiger partial charge is 0.477 e. The van der Waals surface area contributed by atoms with Gasteiger partial charge >= 0.3 is 5.97 Å². The number of aryl methyl sites for hydroxylation is 1. The normalized spacial score (nSPS) is 10.8. The molecule has 0 fully saturated rings. The quantitative estimate of drug-likeness (QED) is 0.707. The van der Waals surface area contributed by atoms with E-state index in [1.165, 1.54) is 17.4 Å². The fraction of sp³-hybridized carbons (Fsp3) is 0.167. The van der Waals surface area contributed by atoms with Crippen LogP contribution < -0.4 is 0 Å². The van der Waals surface area contributed by atoms with Crippen LogP contribution in [0.2, 0.25) is 0 Å². The summed E-state index contributed by atoms with van der Waals surface area (Å²) in [5.41, 5.74) is 0.639. The number of nitrogens with zero attached hydrogens (tertiary/aromatic N) is 3. The fourth-order valence-corrected chi connectivity index (χ4v) is 1.78. The van der Waals surface area contributed by atoms with Gasteiger partial charge in [-0.15, -0.1) is 16.4 Å². The Kier molecular flexibility index (Phi) is 1.37. The summed E-state index contributed by atoms with van der Waals surface area (Å²) in [6, 6.07) is 1.52. The number of hydrogen-bond acceptors (Lipinski definition) is 4. The highest BCUT2D eigenvalue weighted by Crippen LogP contribution is 2.22. The Morgan fingerprint density at radius 3 is 3.08 bits per heavy atom. The molecule has 0 spiro atoms. The summed E-state index contributed by atoms with van der Waals surface area (Å²) in [4.78, 5) is 11.6. The van der Waals surface area contributed by atoms with Crippen LogP contribution in [-0.4, -0.2) is 26.1 Å². The smallest absolute Gasteiger partial charge is 0.346 e. The van der Waals surface area contributed by atoms with Crippen molar-refractivity contribution >= 4 is 27.7 Å². The van der Waals surface area contributed by atoms with Gasteiger partial charge in [-0.25, -0.2) is 9.48 Å². The molecule has 62 valence electrons. The lowest BCUT2D eigenvalue weighted by Crippen LogP contribution is -1.91. The third-order valence-corrected chi connectivity index (χ3v) is 2.66. The van der Waals surface area contributed by atoms with Crippen molar-refractivity contribution in [3.8, 4) is 0 Å². The van der Waals surface area contributed by atoms with Crippen molar-refractivity contribution in [3.05, 3.63) is 10.9 Å². The predicted molar refractivity (Wildman–Crippen MR) is 43.3 cm³/mol. The fourth-order valence-electron chi connectivity index (χ4n) is 0.937. The molecule has 0 saturated carbocycles. The molecule has 0 aromatic carbocycles. The number of thiophene rings is 1. The molecule has 0 radical (unpaired) electrons. The van der Waals surface area contributed by atoms with Gasteiger partial charge in [0.2, 0.25) is 0 Å². The van der Waals surface area contributed by atoms with Crippen LogP contribution in [0.15, 0.2) is 6.07 Å². The van der Waals surface area contributed by atoms with Crippen LogP contribution in [0.5, 0.6) is 0 Å². The van der Waals surface area contributed by atoms with Gasteiger partial charge in [-0.3, -0.25) is 0 Å². The van der Waals surface area contributed by atoms with Crippen molar-refractivity contribution in [2.24, 2.45) is 7.05 Å². The van der Waals surface area contributed by atoms with Gasteiger partial charge in [-0.2, -0.15) is 0 Å². The Bertz CT molecular complexity index is 445. The van der Waals surface area contributed by atoms with Gasteiger partial charge < -0.3 is 5.11 Å². The predicted octanol–water partition coefficient (Wildman–Crippen LogP) is 0.728. The maximum Gasteiger partial charge on any atom is 0.346 e. The molecular formula is C6H5N3O2S. The van der Waals surface area contributed by atoms with Gasteiger partial charge in [0.25, 0.3) is 0 Å². The highest BCUT2D eigenvalue weighted by Gasteiger charge is 2.11. The van der Waals surface area contributed by atoms with Crippen molar-refractivity contribution in [2.45, 2.75) is 0 Å². The molecule has 0 aliphatic heterocycles. The molecule has 2 aromatic heterocycles. The standard InChI is InChI=1S/C6H5N3O2S/c1-9-5-3(7-8-9)2-4(12-5)6(10)11/h2H,1H3,(H,10,11). The molecular weight excluding hydrogens is 178 g/mol. The van der Waals surface area contributed by atoms with Crippen molar-refractivity contribution in [2.75, 3.05) is 0 Å². The maximum absolute atomic E-state index is 10.5. The lowest BCUT2D eigenvalue weighted by atomic mass is 10.4. The van der Waals surface area contributed by atoms with Crippen LogP contribution in [0.4, 0.5) is 0 Å². The molecule has 5 nitrogen and oxygen atoms in total. The molecule has 2 rings (SSSR count). The molecule has 1 N–H and O–H groups in total. The summed E-state index contributed by atoms with van der Waals surface area (Å²) in [7, 11) is 1.73. The molecule has 6 heteroatoms. The Hall–Kier alpha value is -1.43. The first-order chi connectivity index (χ1) is 5.68. The second kappa shape index (κ2) is 2.28. The Balaban J connectivity index is 2.70. The number of carbonyl (C=O) groups is 1. The highest BCUT2D eigenvalue weighted by atomic mass is 32.1.